The monoisotopic (exact) mass is 258 g/mol. The standard InChI is InChI=1S/C13H14N4O2/c1-10(18)16-4-6-17(7-5-16)13(19)12-3-2-11(8-14)9-15-12/h2-3,9H,4-7H2,1H3. The molecule has 6 nitrogen and oxygen atoms in total. The fourth-order valence-corrected chi connectivity index (χ4v) is 1.97. The van der Waals surface area contributed by atoms with Gasteiger partial charge in [-0.05, 0) is 12.1 Å². The minimum atomic E-state index is -0.160. The first kappa shape index (κ1) is 13.0. The molecule has 0 bridgehead atoms. The van der Waals surface area contributed by atoms with Gasteiger partial charge in [-0.15, -0.1) is 0 Å². The Bertz CT molecular complexity index is 525. The summed E-state index contributed by atoms with van der Waals surface area (Å²) in [6.45, 7) is 3.66. The zero-order valence-corrected chi connectivity index (χ0v) is 10.7. The molecule has 0 spiro atoms. The number of piperazine rings is 1. The SMILES string of the molecule is CC(=O)N1CCN(C(=O)c2ccc(C#N)cn2)CC1. The Morgan fingerprint density at radius 2 is 1.84 bits per heavy atom. The number of carbonyl (C=O) groups is 2. The van der Waals surface area contributed by atoms with Gasteiger partial charge < -0.3 is 9.80 Å². The summed E-state index contributed by atoms with van der Waals surface area (Å²) in [5.74, 6) is -0.128. The fourth-order valence-electron chi connectivity index (χ4n) is 1.97. The van der Waals surface area contributed by atoms with Gasteiger partial charge in [-0.1, -0.05) is 0 Å². The molecule has 2 amide bonds. The first-order valence-electron chi connectivity index (χ1n) is 6.03. The van der Waals surface area contributed by atoms with Gasteiger partial charge in [0, 0.05) is 39.3 Å². The third-order valence-corrected chi connectivity index (χ3v) is 3.12. The van der Waals surface area contributed by atoms with Crippen LogP contribution in [-0.4, -0.2) is 52.8 Å². The van der Waals surface area contributed by atoms with E-state index in [0.29, 0.717) is 37.4 Å². The highest BCUT2D eigenvalue weighted by Gasteiger charge is 2.23. The third kappa shape index (κ3) is 2.88. The summed E-state index contributed by atoms with van der Waals surface area (Å²) in [4.78, 5) is 30.7. The molecule has 0 aliphatic carbocycles. The lowest BCUT2D eigenvalue weighted by Crippen LogP contribution is -2.50. The Morgan fingerprint density at radius 3 is 2.32 bits per heavy atom. The second-order valence-electron chi connectivity index (χ2n) is 4.34. The fraction of sp³-hybridized carbons (Fsp3) is 0.385. The van der Waals surface area contributed by atoms with E-state index in [0.717, 1.165) is 0 Å². The summed E-state index contributed by atoms with van der Waals surface area (Å²) in [6.07, 6.45) is 1.39. The Hall–Kier alpha value is -2.42. The van der Waals surface area contributed by atoms with Crippen molar-refractivity contribution in [2.45, 2.75) is 6.92 Å². The molecule has 6 heteroatoms. The molecule has 1 aliphatic heterocycles. The number of amides is 2. The van der Waals surface area contributed by atoms with Crippen molar-refractivity contribution in [2.24, 2.45) is 0 Å². The van der Waals surface area contributed by atoms with E-state index in [9.17, 15) is 9.59 Å². The van der Waals surface area contributed by atoms with Crippen LogP contribution >= 0.6 is 0 Å². The Balaban J connectivity index is 2.01. The maximum atomic E-state index is 12.2. The number of nitriles is 1. The highest BCUT2D eigenvalue weighted by atomic mass is 16.2. The Morgan fingerprint density at radius 1 is 1.21 bits per heavy atom. The molecule has 1 aliphatic rings. The summed E-state index contributed by atoms with van der Waals surface area (Å²) < 4.78 is 0. The largest absolute Gasteiger partial charge is 0.339 e. The topological polar surface area (TPSA) is 77.3 Å². The predicted octanol–water partition coefficient (Wildman–Crippen LogP) is 0.258. The van der Waals surface area contributed by atoms with Crippen molar-refractivity contribution in [3.63, 3.8) is 0 Å². The van der Waals surface area contributed by atoms with E-state index >= 15 is 0 Å². The van der Waals surface area contributed by atoms with Crippen LogP contribution in [0.25, 0.3) is 0 Å². The van der Waals surface area contributed by atoms with E-state index in [1.54, 1.807) is 21.9 Å². The highest BCUT2D eigenvalue weighted by Crippen LogP contribution is 2.08. The van der Waals surface area contributed by atoms with Crippen molar-refractivity contribution in [1.82, 2.24) is 14.8 Å². The lowest BCUT2D eigenvalue weighted by atomic mass is 10.2. The molecule has 0 atom stereocenters. The van der Waals surface area contributed by atoms with Gasteiger partial charge in [-0.25, -0.2) is 4.98 Å². The number of aromatic nitrogens is 1. The lowest BCUT2D eigenvalue weighted by Gasteiger charge is -2.34. The molecule has 0 aromatic carbocycles. The van der Waals surface area contributed by atoms with Crippen molar-refractivity contribution in [3.05, 3.63) is 29.6 Å². The molecular weight excluding hydrogens is 244 g/mol. The summed E-state index contributed by atoms with van der Waals surface area (Å²) in [5, 5.41) is 8.67. The second kappa shape index (κ2) is 5.48. The molecule has 1 saturated heterocycles. The number of nitrogens with zero attached hydrogens (tertiary/aromatic N) is 4. The second-order valence-corrected chi connectivity index (χ2v) is 4.34. The number of hydrogen-bond donors (Lipinski definition) is 0. The smallest absolute Gasteiger partial charge is 0.272 e. The van der Waals surface area contributed by atoms with E-state index in [2.05, 4.69) is 4.98 Å². The Labute approximate surface area is 111 Å². The number of carbonyl (C=O) groups excluding carboxylic acids is 2. The summed E-state index contributed by atoms with van der Waals surface area (Å²) in [7, 11) is 0. The average Bonchev–Trinajstić information content (AvgIpc) is 2.46. The van der Waals surface area contributed by atoms with Crippen LogP contribution in [0.4, 0.5) is 0 Å². The van der Waals surface area contributed by atoms with Gasteiger partial charge in [-0.2, -0.15) is 5.26 Å². The van der Waals surface area contributed by atoms with Crippen LogP contribution in [0.3, 0.4) is 0 Å². The van der Waals surface area contributed by atoms with E-state index in [1.165, 1.54) is 13.1 Å². The lowest BCUT2D eigenvalue weighted by molar-refractivity contribution is -0.130. The van der Waals surface area contributed by atoms with Crippen molar-refractivity contribution in [3.8, 4) is 6.07 Å². The third-order valence-electron chi connectivity index (χ3n) is 3.12. The van der Waals surface area contributed by atoms with Gasteiger partial charge in [0.2, 0.25) is 5.91 Å². The van der Waals surface area contributed by atoms with Crippen molar-refractivity contribution < 1.29 is 9.59 Å². The quantitative estimate of drug-likeness (QED) is 0.723. The molecule has 2 heterocycles. The van der Waals surface area contributed by atoms with Gasteiger partial charge in [0.05, 0.1) is 5.56 Å². The molecule has 2 rings (SSSR count). The van der Waals surface area contributed by atoms with E-state index in [1.807, 2.05) is 6.07 Å². The van der Waals surface area contributed by atoms with Gasteiger partial charge in [-0.3, -0.25) is 9.59 Å². The number of rotatable bonds is 1. The molecule has 0 saturated carbocycles. The average molecular weight is 258 g/mol. The molecule has 0 N–H and O–H groups in total. The zero-order valence-electron chi connectivity index (χ0n) is 10.7. The van der Waals surface area contributed by atoms with Crippen LogP contribution in [0, 0.1) is 11.3 Å². The summed E-state index contributed by atoms with van der Waals surface area (Å²) in [5.41, 5.74) is 0.758. The van der Waals surface area contributed by atoms with Crippen LogP contribution < -0.4 is 0 Å². The van der Waals surface area contributed by atoms with Crippen molar-refractivity contribution >= 4 is 11.8 Å². The molecule has 19 heavy (non-hydrogen) atoms. The maximum absolute atomic E-state index is 12.2. The number of hydrogen-bond acceptors (Lipinski definition) is 4. The maximum Gasteiger partial charge on any atom is 0.272 e. The Kier molecular flexibility index (Phi) is 3.76. The summed E-state index contributed by atoms with van der Waals surface area (Å²) >= 11 is 0. The van der Waals surface area contributed by atoms with E-state index in [-0.39, 0.29) is 11.8 Å². The van der Waals surface area contributed by atoms with Gasteiger partial charge in [0.1, 0.15) is 11.8 Å². The first-order chi connectivity index (χ1) is 9.11. The molecular formula is C13H14N4O2. The molecule has 0 unspecified atom stereocenters. The van der Waals surface area contributed by atoms with Crippen LogP contribution in [0.1, 0.15) is 23.0 Å². The molecule has 0 radical (unpaired) electrons. The minimum absolute atomic E-state index is 0.0311. The molecule has 1 aromatic heterocycles. The normalized spacial score (nSPS) is 14.9. The summed E-state index contributed by atoms with van der Waals surface area (Å²) in [6, 6.07) is 5.09. The van der Waals surface area contributed by atoms with Gasteiger partial charge in [0.25, 0.3) is 5.91 Å². The number of pyridine rings is 1. The minimum Gasteiger partial charge on any atom is -0.339 e. The molecule has 1 fully saturated rings. The van der Waals surface area contributed by atoms with Crippen molar-refractivity contribution in [2.75, 3.05) is 26.2 Å². The van der Waals surface area contributed by atoms with Crippen LogP contribution in [0.15, 0.2) is 18.3 Å². The van der Waals surface area contributed by atoms with Gasteiger partial charge in [0.15, 0.2) is 0 Å². The van der Waals surface area contributed by atoms with Crippen molar-refractivity contribution in [1.29, 1.82) is 5.26 Å². The highest BCUT2D eigenvalue weighted by molar-refractivity contribution is 5.92. The zero-order chi connectivity index (χ0) is 13.8. The predicted molar refractivity (Wildman–Crippen MR) is 67.1 cm³/mol. The van der Waals surface area contributed by atoms with E-state index < -0.39 is 0 Å². The first-order valence-corrected chi connectivity index (χ1v) is 6.03. The van der Waals surface area contributed by atoms with Crippen LogP contribution in [-0.2, 0) is 4.79 Å². The molecule has 1 aromatic rings. The van der Waals surface area contributed by atoms with E-state index in [4.69, 9.17) is 5.26 Å². The molecule has 98 valence electrons. The van der Waals surface area contributed by atoms with Crippen LogP contribution in [0.2, 0.25) is 0 Å². The van der Waals surface area contributed by atoms with Gasteiger partial charge >= 0.3 is 0 Å². The van der Waals surface area contributed by atoms with Crippen LogP contribution in [0.5, 0.6) is 0 Å².